The molecule has 0 aliphatic heterocycles. The van der Waals surface area contributed by atoms with E-state index in [1.807, 2.05) is 0 Å². The molecule has 0 saturated carbocycles. The van der Waals surface area contributed by atoms with Crippen LogP contribution in [-0.2, 0) is 18.9 Å². The molecule has 0 heterocycles. The van der Waals surface area contributed by atoms with Crippen molar-refractivity contribution >= 4 is 23.9 Å². The second kappa shape index (κ2) is 17.7. The number of ether oxygens (including phenoxy) is 4. The molecule has 0 saturated heterocycles. The molecule has 0 spiro atoms. The van der Waals surface area contributed by atoms with Gasteiger partial charge in [0, 0.05) is 13.2 Å². The van der Waals surface area contributed by atoms with E-state index < -0.39 is 23.9 Å². The summed E-state index contributed by atoms with van der Waals surface area (Å²) >= 11 is 0. The Hall–Kier alpha value is -3.76. The molecule has 0 bridgehead atoms. The van der Waals surface area contributed by atoms with Gasteiger partial charge >= 0.3 is 23.9 Å². The summed E-state index contributed by atoms with van der Waals surface area (Å²) in [6.45, 7) is 0.801. The van der Waals surface area contributed by atoms with Gasteiger partial charge < -0.3 is 29.2 Å². The highest BCUT2D eigenvalue weighted by atomic mass is 16.5. The van der Waals surface area contributed by atoms with E-state index in [1.54, 1.807) is 0 Å². The van der Waals surface area contributed by atoms with Gasteiger partial charge in [0.2, 0.25) is 0 Å². The van der Waals surface area contributed by atoms with Gasteiger partial charge in [-0.3, -0.25) is 0 Å². The van der Waals surface area contributed by atoms with Crippen molar-refractivity contribution in [1.29, 1.82) is 0 Å². The summed E-state index contributed by atoms with van der Waals surface area (Å²) in [6.07, 6.45) is 3.23. The third kappa shape index (κ3) is 11.1. The van der Waals surface area contributed by atoms with Crippen LogP contribution in [0.2, 0.25) is 0 Å². The fraction of sp³-hybridized carbons (Fsp3) is 0.429. The van der Waals surface area contributed by atoms with Gasteiger partial charge in [0.05, 0.1) is 48.7 Å². The molecule has 38 heavy (non-hydrogen) atoms. The highest BCUT2D eigenvalue weighted by Gasteiger charge is 2.12. The lowest BCUT2D eigenvalue weighted by Crippen LogP contribution is -2.11. The molecule has 2 aromatic carbocycles. The maximum absolute atomic E-state index is 12.2. The van der Waals surface area contributed by atoms with E-state index in [1.165, 1.54) is 48.5 Å². The summed E-state index contributed by atoms with van der Waals surface area (Å²) in [4.78, 5) is 48.2. The number of esters is 4. The summed E-state index contributed by atoms with van der Waals surface area (Å²) in [5.74, 6) is -2.06. The minimum atomic E-state index is -0.531. The van der Waals surface area contributed by atoms with Crippen LogP contribution in [0.4, 0.5) is 0 Å². The van der Waals surface area contributed by atoms with Crippen LogP contribution in [0, 0.1) is 0 Å². The maximum Gasteiger partial charge on any atom is 0.338 e. The Morgan fingerprint density at radius 2 is 0.632 bits per heavy atom. The topological polar surface area (TPSA) is 146 Å². The Kier molecular flexibility index (Phi) is 14.2. The minimum Gasteiger partial charge on any atom is -0.462 e. The van der Waals surface area contributed by atoms with Crippen LogP contribution >= 0.6 is 0 Å². The van der Waals surface area contributed by atoms with Crippen LogP contribution in [0.15, 0.2) is 48.5 Å². The molecular formula is C28H34O10. The van der Waals surface area contributed by atoms with Crippen molar-refractivity contribution in [3.8, 4) is 0 Å². The number of unbranched alkanes of at least 4 members (excludes halogenated alkanes) is 3. The van der Waals surface area contributed by atoms with Crippen molar-refractivity contribution in [2.75, 3.05) is 39.6 Å². The first-order chi connectivity index (χ1) is 18.5. The van der Waals surface area contributed by atoms with Crippen LogP contribution in [-0.4, -0.2) is 73.7 Å². The largest absolute Gasteiger partial charge is 0.462 e. The number of hydrogen-bond donors (Lipinski definition) is 2. The monoisotopic (exact) mass is 530 g/mol. The first-order valence-corrected chi connectivity index (χ1v) is 12.6. The standard InChI is InChI=1S/C28H34O10/c29-15-1-3-17-35-25(31)21-7-11-23(12-8-21)27(33)37-19-5-6-20-38-28(34)24-13-9-22(10-14-24)26(32)36-18-4-2-16-30/h7-14,29-30H,1-6,15-20H2. The van der Waals surface area contributed by atoms with Crippen molar-refractivity contribution < 1.29 is 48.3 Å². The Labute approximate surface area is 221 Å². The molecule has 0 aliphatic carbocycles. The van der Waals surface area contributed by atoms with E-state index in [9.17, 15) is 19.2 Å². The van der Waals surface area contributed by atoms with Crippen LogP contribution < -0.4 is 0 Å². The van der Waals surface area contributed by atoms with E-state index in [-0.39, 0.29) is 39.6 Å². The number of hydrogen-bond acceptors (Lipinski definition) is 10. The summed E-state index contributed by atoms with van der Waals surface area (Å²) in [7, 11) is 0. The van der Waals surface area contributed by atoms with Gasteiger partial charge in [0.1, 0.15) is 0 Å². The van der Waals surface area contributed by atoms with Crippen LogP contribution in [0.1, 0.15) is 80.0 Å². The molecule has 0 aliphatic rings. The average molecular weight is 531 g/mol. The third-order valence-corrected chi connectivity index (χ3v) is 5.29. The maximum atomic E-state index is 12.2. The smallest absolute Gasteiger partial charge is 0.338 e. The minimum absolute atomic E-state index is 0.0447. The predicted octanol–water partition coefficient (Wildman–Crippen LogP) is 3.34. The Morgan fingerprint density at radius 3 is 0.842 bits per heavy atom. The van der Waals surface area contributed by atoms with Gasteiger partial charge in [-0.15, -0.1) is 0 Å². The van der Waals surface area contributed by atoms with Gasteiger partial charge in [0.15, 0.2) is 0 Å². The second-order valence-electron chi connectivity index (χ2n) is 8.27. The number of carbonyl (C=O) groups is 4. The zero-order valence-electron chi connectivity index (χ0n) is 21.3. The Bertz CT molecular complexity index is 931. The Balaban J connectivity index is 1.62. The molecule has 0 amide bonds. The zero-order valence-corrected chi connectivity index (χ0v) is 21.3. The van der Waals surface area contributed by atoms with Gasteiger partial charge in [0.25, 0.3) is 0 Å². The molecule has 0 aromatic heterocycles. The number of aliphatic hydroxyl groups excluding tert-OH is 2. The van der Waals surface area contributed by atoms with E-state index in [4.69, 9.17) is 29.2 Å². The van der Waals surface area contributed by atoms with Crippen molar-refractivity contribution in [3.63, 3.8) is 0 Å². The van der Waals surface area contributed by atoms with Crippen molar-refractivity contribution in [3.05, 3.63) is 70.8 Å². The number of carbonyl (C=O) groups excluding carboxylic acids is 4. The molecule has 10 heteroatoms. The summed E-state index contributed by atoms with van der Waals surface area (Å²) < 4.78 is 20.6. The van der Waals surface area contributed by atoms with Crippen molar-refractivity contribution in [2.45, 2.75) is 38.5 Å². The molecule has 206 valence electrons. The first-order valence-electron chi connectivity index (χ1n) is 12.6. The number of aliphatic hydroxyl groups is 2. The van der Waals surface area contributed by atoms with Gasteiger partial charge in [-0.25, -0.2) is 19.2 Å². The van der Waals surface area contributed by atoms with E-state index in [2.05, 4.69) is 0 Å². The molecule has 0 unspecified atom stereocenters. The van der Waals surface area contributed by atoms with Crippen LogP contribution in [0.3, 0.4) is 0 Å². The van der Waals surface area contributed by atoms with E-state index >= 15 is 0 Å². The zero-order chi connectivity index (χ0) is 27.6. The number of rotatable bonds is 17. The van der Waals surface area contributed by atoms with Gasteiger partial charge in [-0.2, -0.15) is 0 Å². The predicted molar refractivity (Wildman–Crippen MR) is 136 cm³/mol. The van der Waals surface area contributed by atoms with Crippen LogP contribution in [0.5, 0.6) is 0 Å². The van der Waals surface area contributed by atoms with E-state index in [0.29, 0.717) is 60.8 Å². The molecule has 2 aromatic rings. The summed E-state index contributed by atoms with van der Waals surface area (Å²) in [5.41, 5.74) is 1.23. The normalized spacial score (nSPS) is 10.5. The highest BCUT2D eigenvalue weighted by molar-refractivity contribution is 5.94. The fourth-order valence-electron chi connectivity index (χ4n) is 3.11. The van der Waals surface area contributed by atoms with Gasteiger partial charge in [-0.05, 0) is 87.1 Å². The molecule has 2 rings (SSSR count). The second-order valence-corrected chi connectivity index (χ2v) is 8.27. The summed E-state index contributed by atoms with van der Waals surface area (Å²) in [6, 6.07) is 11.9. The molecule has 0 atom stereocenters. The highest BCUT2D eigenvalue weighted by Crippen LogP contribution is 2.10. The molecular weight excluding hydrogens is 496 g/mol. The SMILES string of the molecule is O=C(OCCCCO)c1ccc(C(=O)OCCCCOC(=O)c2ccc(C(=O)OCCCCO)cc2)cc1. The molecule has 10 nitrogen and oxygen atoms in total. The lowest BCUT2D eigenvalue weighted by Gasteiger charge is -2.08. The summed E-state index contributed by atoms with van der Waals surface area (Å²) in [5, 5.41) is 17.5. The fourth-order valence-corrected chi connectivity index (χ4v) is 3.11. The number of benzene rings is 2. The van der Waals surface area contributed by atoms with E-state index in [0.717, 1.165) is 0 Å². The molecule has 0 fully saturated rings. The lowest BCUT2D eigenvalue weighted by molar-refractivity contribution is 0.0432. The third-order valence-electron chi connectivity index (χ3n) is 5.29. The first kappa shape index (κ1) is 30.5. The lowest BCUT2D eigenvalue weighted by atomic mass is 10.1. The van der Waals surface area contributed by atoms with Crippen LogP contribution in [0.25, 0.3) is 0 Å². The Morgan fingerprint density at radius 1 is 0.421 bits per heavy atom. The average Bonchev–Trinajstić information content (AvgIpc) is 2.95. The molecule has 0 radical (unpaired) electrons. The van der Waals surface area contributed by atoms with Crippen molar-refractivity contribution in [2.24, 2.45) is 0 Å². The van der Waals surface area contributed by atoms with Crippen molar-refractivity contribution in [1.82, 2.24) is 0 Å². The molecule has 2 N–H and O–H groups in total. The van der Waals surface area contributed by atoms with Gasteiger partial charge in [-0.1, -0.05) is 0 Å². The quantitative estimate of drug-likeness (QED) is 0.177.